The Morgan fingerprint density at radius 3 is 2.81 bits per heavy atom. The zero-order valence-corrected chi connectivity index (χ0v) is 13.4. The number of hydrogen-bond acceptors (Lipinski definition) is 4. The minimum atomic E-state index is -0.679. The predicted octanol–water partition coefficient (Wildman–Crippen LogP) is 0.729. The van der Waals surface area contributed by atoms with Crippen LogP contribution in [0.15, 0.2) is 0 Å². The molecule has 21 heavy (non-hydrogen) atoms. The molecule has 1 heterocycles. The van der Waals surface area contributed by atoms with E-state index >= 15 is 0 Å². The van der Waals surface area contributed by atoms with Crippen LogP contribution in [0.2, 0.25) is 0 Å². The van der Waals surface area contributed by atoms with Crippen molar-refractivity contribution in [1.82, 2.24) is 15.5 Å². The van der Waals surface area contributed by atoms with Crippen molar-refractivity contribution in [2.45, 2.75) is 51.0 Å². The Bertz CT molecular complexity index is 319. The molecule has 5 nitrogen and oxygen atoms in total. The molecule has 1 aliphatic carbocycles. The van der Waals surface area contributed by atoms with Gasteiger partial charge in [-0.2, -0.15) is 0 Å². The molecule has 122 valence electrons. The summed E-state index contributed by atoms with van der Waals surface area (Å²) in [4.78, 5) is 14.2. The highest BCUT2D eigenvalue weighted by Crippen LogP contribution is 2.33. The zero-order chi connectivity index (χ0) is 15.1. The van der Waals surface area contributed by atoms with Crippen LogP contribution in [0.1, 0.15) is 45.4 Å². The topological polar surface area (TPSA) is 64.6 Å². The summed E-state index contributed by atoms with van der Waals surface area (Å²) in [6.45, 7) is 6.97. The first kappa shape index (κ1) is 16.7. The number of nitrogens with one attached hydrogen (secondary N) is 2. The molecule has 1 saturated carbocycles. The second-order valence-electron chi connectivity index (χ2n) is 6.73. The van der Waals surface area contributed by atoms with Crippen LogP contribution in [0.4, 0.5) is 0 Å². The Labute approximate surface area is 128 Å². The van der Waals surface area contributed by atoms with Gasteiger partial charge in [0.05, 0.1) is 12.1 Å². The lowest BCUT2D eigenvalue weighted by atomic mass is 9.78. The van der Waals surface area contributed by atoms with Gasteiger partial charge in [0.25, 0.3) is 0 Å². The number of aliphatic hydroxyl groups is 1. The van der Waals surface area contributed by atoms with Crippen LogP contribution >= 0.6 is 0 Å². The first-order valence-electron chi connectivity index (χ1n) is 8.53. The first-order valence-corrected chi connectivity index (χ1v) is 8.53. The molecule has 0 atom stereocenters. The van der Waals surface area contributed by atoms with Gasteiger partial charge in [0.15, 0.2) is 0 Å². The van der Waals surface area contributed by atoms with Crippen LogP contribution in [0.3, 0.4) is 0 Å². The molecule has 1 aliphatic heterocycles. The second-order valence-corrected chi connectivity index (χ2v) is 6.73. The van der Waals surface area contributed by atoms with Crippen molar-refractivity contribution < 1.29 is 9.90 Å². The summed E-state index contributed by atoms with van der Waals surface area (Å²) in [5.74, 6) is 0.800. The van der Waals surface area contributed by atoms with E-state index in [0.29, 0.717) is 13.1 Å². The molecule has 1 amide bonds. The van der Waals surface area contributed by atoms with E-state index in [4.69, 9.17) is 0 Å². The van der Waals surface area contributed by atoms with Gasteiger partial charge >= 0.3 is 0 Å². The molecule has 2 aliphatic rings. The van der Waals surface area contributed by atoms with E-state index in [-0.39, 0.29) is 5.91 Å². The Morgan fingerprint density at radius 2 is 2.10 bits per heavy atom. The van der Waals surface area contributed by atoms with Crippen molar-refractivity contribution in [2.24, 2.45) is 5.92 Å². The number of amides is 1. The maximum Gasteiger partial charge on any atom is 0.234 e. The molecule has 1 saturated heterocycles. The fourth-order valence-corrected chi connectivity index (χ4v) is 3.38. The van der Waals surface area contributed by atoms with Crippen LogP contribution in [-0.4, -0.2) is 60.8 Å². The number of hydrogen-bond donors (Lipinski definition) is 3. The smallest absolute Gasteiger partial charge is 0.234 e. The molecular formula is C16H31N3O2. The Balaban J connectivity index is 1.68. The summed E-state index contributed by atoms with van der Waals surface area (Å²) >= 11 is 0. The van der Waals surface area contributed by atoms with Gasteiger partial charge in [-0.25, -0.2) is 0 Å². The number of carbonyl (C=O) groups excluding carboxylic acids is 1. The lowest BCUT2D eigenvalue weighted by Crippen LogP contribution is -2.48. The van der Waals surface area contributed by atoms with Gasteiger partial charge in [-0.05, 0) is 51.1 Å². The molecule has 0 aromatic rings. The summed E-state index contributed by atoms with van der Waals surface area (Å²) in [5, 5.41) is 16.8. The van der Waals surface area contributed by atoms with Crippen molar-refractivity contribution in [2.75, 3.05) is 39.3 Å². The molecular weight excluding hydrogens is 266 g/mol. The quantitative estimate of drug-likeness (QED) is 0.700. The van der Waals surface area contributed by atoms with Crippen LogP contribution < -0.4 is 10.6 Å². The third-order valence-electron chi connectivity index (χ3n) is 5.03. The van der Waals surface area contributed by atoms with Gasteiger partial charge in [0.1, 0.15) is 0 Å². The molecule has 0 aromatic heterocycles. The zero-order valence-electron chi connectivity index (χ0n) is 13.4. The number of rotatable bonds is 5. The summed E-state index contributed by atoms with van der Waals surface area (Å²) in [6, 6.07) is 0. The van der Waals surface area contributed by atoms with Crippen molar-refractivity contribution >= 4 is 5.91 Å². The lowest BCUT2D eigenvalue weighted by molar-refractivity contribution is -0.124. The Hall–Kier alpha value is -0.650. The van der Waals surface area contributed by atoms with Gasteiger partial charge in [0.2, 0.25) is 5.91 Å². The van der Waals surface area contributed by atoms with E-state index in [9.17, 15) is 9.90 Å². The average molecular weight is 297 g/mol. The standard InChI is InChI=1S/C16H31N3O2/c1-2-14-4-6-16(21,7-5-14)13-18-15(20)12-19-10-3-8-17-9-11-19/h14,17,21H,2-13H2,1H3,(H,18,20). The summed E-state index contributed by atoms with van der Waals surface area (Å²) in [6.07, 6.45) is 6.10. The fraction of sp³-hybridized carbons (Fsp3) is 0.938. The Kier molecular flexibility index (Phi) is 6.45. The van der Waals surface area contributed by atoms with E-state index in [2.05, 4.69) is 22.5 Å². The highest BCUT2D eigenvalue weighted by Gasteiger charge is 2.32. The molecule has 3 N–H and O–H groups in total. The van der Waals surface area contributed by atoms with Gasteiger partial charge in [-0.3, -0.25) is 9.69 Å². The van der Waals surface area contributed by atoms with E-state index in [1.165, 1.54) is 6.42 Å². The summed E-state index contributed by atoms with van der Waals surface area (Å²) in [7, 11) is 0. The van der Waals surface area contributed by atoms with Crippen molar-refractivity contribution in [1.29, 1.82) is 0 Å². The van der Waals surface area contributed by atoms with Gasteiger partial charge in [-0.1, -0.05) is 13.3 Å². The third kappa shape index (κ3) is 5.57. The highest BCUT2D eigenvalue weighted by atomic mass is 16.3. The maximum absolute atomic E-state index is 12.0. The van der Waals surface area contributed by atoms with Crippen LogP contribution in [0.5, 0.6) is 0 Å². The SMILES string of the molecule is CCC1CCC(O)(CNC(=O)CN2CCCNCC2)CC1. The molecule has 0 aromatic carbocycles. The second kappa shape index (κ2) is 8.11. The van der Waals surface area contributed by atoms with Gasteiger partial charge in [0, 0.05) is 19.6 Å². The largest absolute Gasteiger partial charge is 0.388 e. The lowest BCUT2D eigenvalue weighted by Gasteiger charge is -2.36. The van der Waals surface area contributed by atoms with Crippen molar-refractivity contribution in [3.8, 4) is 0 Å². The van der Waals surface area contributed by atoms with E-state index in [0.717, 1.165) is 64.2 Å². The van der Waals surface area contributed by atoms with Crippen molar-refractivity contribution in [3.63, 3.8) is 0 Å². The average Bonchev–Trinajstić information content (AvgIpc) is 2.75. The highest BCUT2D eigenvalue weighted by molar-refractivity contribution is 5.78. The monoisotopic (exact) mass is 297 g/mol. The van der Waals surface area contributed by atoms with Crippen LogP contribution in [0.25, 0.3) is 0 Å². The van der Waals surface area contributed by atoms with Gasteiger partial charge in [-0.15, -0.1) is 0 Å². The normalized spacial score (nSPS) is 31.6. The molecule has 0 radical (unpaired) electrons. The van der Waals surface area contributed by atoms with E-state index in [1.807, 2.05) is 0 Å². The fourth-order valence-electron chi connectivity index (χ4n) is 3.38. The minimum absolute atomic E-state index is 0.0444. The number of nitrogens with zero attached hydrogens (tertiary/aromatic N) is 1. The van der Waals surface area contributed by atoms with Crippen LogP contribution in [0, 0.1) is 5.92 Å². The predicted molar refractivity (Wildman–Crippen MR) is 84.1 cm³/mol. The molecule has 2 fully saturated rings. The van der Waals surface area contributed by atoms with E-state index < -0.39 is 5.60 Å². The number of carbonyl (C=O) groups is 1. The van der Waals surface area contributed by atoms with Gasteiger partial charge < -0.3 is 15.7 Å². The first-order chi connectivity index (χ1) is 10.1. The van der Waals surface area contributed by atoms with E-state index in [1.54, 1.807) is 0 Å². The summed E-state index contributed by atoms with van der Waals surface area (Å²) in [5.41, 5.74) is -0.679. The molecule has 0 spiro atoms. The molecule has 2 rings (SSSR count). The summed E-state index contributed by atoms with van der Waals surface area (Å²) < 4.78 is 0. The van der Waals surface area contributed by atoms with Crippen LogP contribution in [-0.2, 0) is 4.79 Å². The molecule has 0 unspecified atom stereocenters. The molecule has 0 bridgehead atoms. The van der Waals surface area contributed by atoms with Crippen molar-refractivity contribution in [3.05, 3.63) is 0 Å². The Morgan fingerprint density at radius 1 is 1.33 bits per heavy atom. The molecule has 5 heteroatoms. The third-order valence-corrected chi connectivity index (χ3v) is 5.03. The minimum Gasteiger partial charge on any atom is -0.388 e. The maximum atomic E-state index is 12.0.